The fourth-order valence-electron chi connectivity index (χ4n) is 2.11. The third-order valence-corrected chi connectivity index (χ3v) is 5.05. The molecular weight excluding hydrogens is 533 g/mol. The van der Waals surface area contributed by atoms with Crippen molar-refractivity contribution in [3.63, 3.8) is 0 Å². The van der Waals surface area contributed by atoms with Crippen LogP contribution in [0.4, 0.5) is 0 Å². The Morgan fingerprint density at radius 3 is 2.09 bits per heavy atom. The molecule has 0 bridgehead atoms. The topological polar surface area (TPSA) is 34.1 Å². The minimum Gasteiger partial charge on any atom is -0.292 e. The molecule has 1 aliphatic rings. The van der Waals surface area contributed by atoms with Crippen molar-refractivity contribution in [2.24, 2.45) is 5.92 Å². The van der Waals surface area contributed by atoms with E-state index in [-0.39, 0.29) is 0 Å². The van der Waals surface area contributed by atoms with Crippen LogP contribution in [0.5, 0.6) is 0 Å². The van der Waals surface area contributed by atoms with Crippen molar-refractivity contribution in [1.82, 2.24) is 0 Å². The molecule has 0 atom stereocenters. The van der Waals surface area contributed by atoms with Gasteiger partial charge in [0.25, 0.3) is 0 Å². The monoisotopic (exact) mass is 560 g/mol. The van der Waals surface area contributed by atoms with Crippen LogP contribution in [0.2, 0.25) is 0 Å². The summed E-state index contributed by atoms with van der Waals surface area (Å²) in [6.45, 7) is 8.20. The Morgan fingerprint density at radius 1 is 1.26 bits per heavy atom. The summed E-state index contributed by atoms with van der Waals surface area (Å²) in [5, 5.41) is 0.389. The maximum Gasteiger partial charge on any atom is 0.202 e. The standard InChI is InChI=1S/C7H9B.C7H11IOS.C2H6.CHIO/c1-2-7-3-5-8-6-4-7;8-10-7(9)6-4-2-1-3-5-6;1-2;2-1-3/h3-6H,2H2,1H3;6H,1-5H2;1-2H3;1H. The first-order valence-electron chi connectivity index (χ1n) is 8.09. The third-order valence-electron chi connectivity index (χ3n) is 3.27. The molecule has 0 saturated heterocycles. The summed E-state index contributed by atoms with van der Waals surface area (Å²) in [5.41, 5.74) is 1.41. The maximum atomic E-state index is 11.1. The summed E-state index contributed by atoms with van der Waals surface area (Å²) in [6, 6.07) is 4.28. The number of carbonyl (C=O) groups is 2. The first-order valence-corrected chi connectivity index (χ1v) is 12.7. The van der Waals surface area contributed by atoms with Crippen molar-refractivity contribution < 1.29 is 9.59 Å². The van der Waals surface area contributed by atoms with E-state index in [1.54, 1.807) is 22.6 Å². The van der Waals surface area contributed by atoms with E-state index in [1.807, 2.05) is 20.8 Å². The molecule has 0 spiro atoms. The molecule has 130 valence electrons. The molecule has 0 amide bonds. The molecule has 0 aromatic carbocycles. The van der Waals surface area contributed by atoms with Gasteiger partial charge in [-0.05, 0) is 44.4 Å². The van der Waals surface area contributed by atoms with Crippen LogP contribution in [0, 0.1) is 5.92 Å². The third kappa shape index (κ3) is 15.8. The van der Waals surface area contributed by atoms with Gasteiger partial charge in [0, 0.05) is 27.1 Å². The number of carbonyl (C=O) groups excluding carboxylic acids is 2. The summed E-state index contributed by atoms with van der Waals surface area (Å²) in [7, 11) is 1.36. The van der Waals surface area contributed by atoms with Crippen molar-refractivity contribution in [3.8, 4) is 0 Å². The van der Waals surface area contributed by atoms with E-state index in [1.165, 1.54) is 33.8 Å². The number of hydrogen-bond acceptors (Lipinski definition) is 3. The van der Waals surface area contributed by atoms with Crippen molar-refractivity contribution in [1.29, 1.82) is 0 Å². The van der Waals surface area contributed by atoms with E-state index in [0.29, 0.717) is 11.0 Å². The number of rotatable bonds is 2. The molecule has 1 fully saturated rings. The molecule has 23 heavy (non-hydrogen) atoms. The molecule has 1 heterocycles. The second-order valence-corrected chi connectivity index (χ2v) is 7.05. The van der Waals surface area contributed by atoms with Crippen molar-refractivity contribution >= 4 is 69.0 Å². The molecule has 1 aromatic heterocycles. The molecular formula is C17H27BI2O2S. The smallest absolute Gasteiger partial charge is 0.202 e. The first kappa shape index (κ1) is 25.8. The molecule has 0 N–H and O–H groups in total. The molecule has 0 radical (unpaired) electrons. The maximum absolute atomic E-state index is 11.1. The number of aryl methyl sites for hydroxylation is 1. The van der Waals surface area contributed by atoms with E-state index in [9.17, 15) is 4.79 Å². The van der Waals surface area contributed by atoms with Gasteiger partial charge in [-0.25, -0.2) is 0 Å². The van der Waals surface area contributed by atoms with Gasteiger partial charge < -0.3 is 0 Å². The summed E-state index contributed by atoms with van der Waals surface area (Å²) in [5.74, 6) is 4.52. The Bertz CT molecular complexity index is 385. The Balaban J connectivity index is 0. The molecule has 1 aliphatic carbocycles. The van der Waals surface area contributed by atoms with Gasteiger partial charge in [0.1, 0.15) is 0 Å². The second kappa shape index (κ2) is 20.6. The average molecular weight is 560 g/mol. The van der Waals surface area contributed by atoms with Gasteiger partial charge in [0.2, 0.25) is 5.12 Å². The summed E-state index contributed by atoms with van der Waals surface area (Å²) < 4.78 is 0.720. The predicted octanol–water partition coefficient (Wildman–Crippen LogP) is 6.40. The van der Waals surface area contributed by atoms with E-state index in [0.717, 1.165) is 23.6 Å². The van der Waals surface area contributed by atoms with Gasteiger partial charge in [-0.1, -0.05) is 33.1 Å². The van der Waals surface area contributed by atoms with Gasteiger partial charge in [-0.3, -0.25) is 9.59 Å². The summed E-state index contributed by atoms with van der Waals surface area (Å²) >= 11 is 3.69. The summed E-state index contributed by atoms with van der Waals surface area (Å²) in [6.07, 6.45) is 7.25. The van der Waals surface area contributed by atoms with Gasteiger partial charge in [-0.15, -0.1) is 0 Å². The Hall–Kier alpha value is 0.565. The second-order valence-electron chi connectivity index (χ2n) is 4.66. The zero-order chi connectivity index (χ0) is 17.9. The molecule has 2 nitrogen and oxygen atoms in total. The Kier molecular flexibility index (Phi) is 23.1. The number of halogens is 2. The van der Waals surface area contributed by atoms with Crippen LogP contribution in [-0.4, -0.2) is 16.3 Å². The predicted molar refractivity (Wildman–Crippen MR) is 122 cm³/mol. The van der Waals surface area contributed by atoms with Gasteiger partial charge in [0.05, 0.1) is 0 Å². The fourth-order valence-corrected chi connectivity index (χ4v) is 3.56. The molecule has 6 heteroatoms. The van der Waals surface area contributed by atoms with Gasteiger partial charge in [0.15, 0.2) is 4.29 Å². The zero-order valence-electron chi connectivity index (χ0n) is 14.3. The van der Waals surface area contributed by atoms with Crippen LogP contribution in [-0.2, 0) is 16.0 Å². The minimum atomic E-state index is 0.385. The van der Waals surface area contributed by atoms with Crippen LogP contribution in [0.3, 0.4) is 0 Å². The van der Waals surface area contributed by atoms with Crippen LogP contribution in [0.1, 0.15) is 58.4 Å². The number of hydrogen-bond donors (Lipinski definition) is 0. The summed E-state index contributed by atoms with van der Waals surface area (Å²) in [4.78, 5) is 19.9. The zero-order valence-corrected chi connectivity index (χ0v) is 19.4. The molecule has 1 saturated carbocycles. The first-order chi connectivity index (χ1) is 11.2. The van der Waals surface area contributed by atoms with Crippen LogP contribution < -0.4 is 0 Å². The van der Waals surface area contributed by atoms with E-state index in [4.69, 9.17) is 4.79 Å². The Morgan fingerprint density at radius 2 is 1.74 bits per heavy atom. The fraction of sp³-hybridized carbons (Fsp3) is 0.588. The van der Waals surface area contributed by atoms with Gasteiger partial charge in [-0.2, -0.15) is 0 Å². The normalized spacial score (nSPS) is 12.9. The van der Waals surface area contributed by atoms with Crippen LogP contribution in [0.25, 0.3) is 0 Å². The SMILES string of the molecule is CC.CCc1ccbcc1.O=C(SI)C1CCCCC1.O=CI. The van der Waals surface area contributed by atoms with Crippen molar-refractivity contribution in [3.05, 3.63) is 29.6 Å². The molecule has 0 aliphatic heterocycles. The largest absolute Gasteiger partial charge is 0.292 e. The van der Waals surface area contributed by atoms with Crippen molar-refractivity contribution in [2.75, 3.05) is 0 Å². The van der Waals surface area contributed by atoms with E-state index < -0.39 is 0 Å². The van der Waals surface area contributed by atoms with Crippen LogP contribution in [0.15, 0.2) is 24.1 Å². The van der Waals surface area contributed by atoms with Gasteiger partial charge >= 0.3 is 49.9 Å². The quantitative estimate of drug-likeness (QED) is 0.239. The molecule has 1 aromatic rings. The van der Waals surface area contributed by atoms with Crippen molar-refractivity contribution in [2.45, 2.75) is 59.3 Å². The molecule has 2 rings (SSSR count). The van der Waals surface area contributed by atoms with Crippen LogP contribution >= 0.6 is 52.7 Å². The van der Waals surface area contributed by atoms with E-state index in [2.05, 4.69) is 52.2 Å². The minimum absolute atomic E-state index is 0.385. The average Bonchev–Trinajstić information content (AvgIpc) is 2.65. The molecule has 0 unspecified atom stereocenters. The Labute approximate surface area is 172 Å². The van der Waals surface area contributed by atoms with E-state index >= 15 is 0 Å².